The molecular formula is C30H29Cl2FN6O5. The normalized spacial score (nSPS) is 17.0. The summed E-state index contributed by atoms with van der Waals surface area (Å²) >= 11 is 12.4. The Labute approximate surface area is 261 Å². The Hall–Kier alpha value is -4.23. The van der Waals surface area contributed by atoms with Gasteiger partial charge in [-0.2, -0.15) is 5.10 Å². The van der Waals surface area contributed by atoms with Crippen molar-refractivity contribution in [3.63, 3.8) is 0 Å². The molecule has 1 fully saturated rings. The second kappa shape index (κ2) is 13.2. The Kier molecular flexibility index (Phi) is 9.35. The maximum atomic E-state index is 13.6. The zero-order chi connectivity index (χ0) is 31.5. The number of β-amino-alcohol motifs (C(OH)–C–C–N with tert-alkyl or cyclic N) is 1. The van der Waals surface area contributed by atoms with Gasteiger partial charge in [0.05, 0.1) is 35.7 Å². The molecule has 5 rings (SSSR count). The highest BCUT2D eigenvalue weighted by Gasteiger charge is 2.37. The van der Waals surface area contributed by atoms with Gasteiger partial charge in [0.15, 0.2) is 0 Å². The van der Waals surface area contributed by atoms with Crippen LogP contribution in [0, 0.1) is 5.82 Å². The lowest BCUT2D eigenvalue weighted by molar-refractivity contribution is -0.137. The quantitative estimate of drug-likeness (QED) is 0.163. The molecule has 14 heteroatoms. The molecule has 2 aromatic carbocycles. The molecule has 3 unspecified atom stereocenters. The van der Waals surface area contributed by atoms with Gasteiger partial charge < -0.3 is 30.7 Å². The topological polar surface area (TPSA) is 163 Å². The van der Waals surface area contributed by atoms with Crippen molar-refractivity contribution in [3.05, 3.63) is 87.5 Å². The molecule has 0 saturated carbocycles. The largest absolute Gasteiger partial charge is 0.394 e. The number of aromatic nitrogens is 3. The third-order valence-electron chi connectivity index (χ3n) is 7.49. The number of nitrogens with one attached hydrogen (secondary N) is 4. The smallest absolute Gasteiger partial charge is 0.268 e. The van der Waals surface area contributed by atoms with Gasteiger partial charge in [-0.1, -0.05) is 41.4 Å². The highest BCUT2D eigenvalue weighted by Crippen LogP contribution is 2.33. The first-order chi connectivity index (χ1) is 21.0. The van der Waals surface area contributed by atoms with Gasteiger partial charge in [0.25, 0.3) is 5.91 Å². The predicted octanol–water partition coefficient (Wildman–Crippen LogP) is 3.58. The van der Waals surface area contributed by atoms with Crippen molar-refractivity contribution >= 4 is 40.9 Å². The summed E-state index contributed by atoms with van der Waals surface area (Å²) < 4.78 is 13.6. The molecular weight excluding hydrogens is 614 g/mol. The fraction of sp³-hybridized carbons (Fsp3) is 0.267. The minimum Gasteiger partial charge on any atom is -0.394 e. The molecule has 0 radical (unpaired) electrons. The van der Waals surface area contributed by atoms with Gasteiger partial charge >= 0.3 is 0 Å². The van der Waals surface area contributed by atoms with Crippen LogP contribution in [0.1, 0.15) is 41.0 Å². The summed E-state index contributed by atoms with van der Waals surface area (Å²) in [4.78, 5) is 41.8. The number of amides is 3. The van der Waals surface area contributed by atoms with Crippen LogP contribution in [0.25, 0.3) is 22.4 Å². The van der Waals surface area contributed by atoms with Gasteiger partial charge in [0.2, 0.25) is 11.8 Å². The maximum absolute atomic E-state index is 13.6. The minimum absolute atomic E-state index is 0.118. The highest BCUT2D eigenvalue weighted by atomic mass is 35.5. The third-order valence-corrected chi connectivity index (χ3v) is 8.13. The molecule has 3 atom stereocenters. The number of benzene rings is 2. The number of aliphatic hydroxyl groups is 2. The summed E-state index contributed by atoms with van der Waals surface area (Å²) in [5.41, 5.74) is 4.01. The first-order valence-corrected chi connectivity index (χ1v) is 14.4. The van der Waals surface area contributed by atoms with Crippen molar-refractivity contribution in [2.75, 3.05) is 13.2 Å². The van der Waals surface area contributed by atoms with Gasteiger partial charge in [0.1, 0.15) is 17.6 Å². The molecule has 2 aromatic heterocycles. The van der Waals surface area contributed by atoms with Crippen LogP contribution in [0.5, 0.6) is 0 Å². The molecule has 3 heterocycles. The number of nitrogens with zero attached hydrogens (tertiary/aromatic N) is 2. The van der Waals surface area contributed by atoms with E-state index in [1.54, 1.807) is 30.6 Å². The summed E-state index contributed by atoms with van der Waals surface area (Å²) in [6, 6.07) is 9.36. The Balaban J connectivity index is 1.27. The van der Waals surface area contributed by atoms with Crippen LogP contribution in [-0.2, 0) is 16.1 Å². The number of hydrogen-bond acceptors (Lipinski definition) is 6. The Morgan fingerprint density at radius 2 is 1.93 bits per heavy atom. The second-order valence-corrected chi connectivity index (χ2v) is 11.3. The lowest BCUT2D eigenvalue weighted by atomic mass is 10.0. The van der Waals surface area contributed by atoms with Crippen LogP contribution < -0.4 is 10.6 Å². The van der Waals surface area contributed by atoms with Crippen molar-refractivity contribution in [2.45, 2.75) is 38.1 Å². The number of carbonyl (C=O) groups excluding carboxylic acids is 3. The molecule has 1 saturated heterocycles. The average molecular weight is 644 g/mol. The summed E-state index contributed by atoms with van der Waals surface area (Å²) in [5.74, 6) is -1.74. The van der Waals surface area contributed by atoms with Crippen LogP contribution in [0.4, 0.5) is 4.39 Å². The first kappa shape index (κ1) is 31.2. The van der Waals surface area contributed by atoms with Gasteiger partial charge in [-0.05, 0) is 41.0 Å². The van der Waals surface area contributed by atoms with E-state index in [2.05, 4.69) is 25.8 Å². The Bertz CT molecular complexity index is 1710. The van der Waals surface area contributed by atoms with Gasteiger partial charge in [-0.15, -0.1) is 0 Å². The van der Waals surface area contributed by atoms with Crippen LogP contribution >= 0.6 is 23.2 Å². The molecule has 230 valence electrons. The van der Waals surface area contributed by atoms with Crippen LogP contribution in [0.3, 0.4) is 0 Å². The number of carbonyl (C=O) groups is 3. The van der Waals surface area contributed by atoms with E-state index in [9.17, 15) is 29.0 Å². The fourth-order valence-corrected chi connectivity index (χ4v) is 5.60. The van der Waals surface area contributed by atoms with Crippen LogP contribution in [0.15, 0.2) is 54.9 Å². The molecule has 0 bridgehead atoms. The standard InChI is InChI=1S/C30H29Cl2FN6O5/c1-15(41)39-13-20(42)9-27(39)30(44)35-10-18-3-2-16(6-22(18)31)21-12-36-38-28(21)19-8-25(34-11-19)29(43)37-26(14-40)17-4-5-24(33)23(32)7-17/h2-8,11-12,20,26-27,34,40,42H,9-10,13-14H2,1H3,(H,35,44)(H,36,38)(H,37,43). The average Bonchev–Trinajstić information content (AvgIpc) is 3.76. The van der Waals surface area contributed by atoms with Crippen molar-refractivity contribution in [3.8, 4) is 22.4 Å². The Morgan fingerprint density at radius 1 is 1.14 bits per heavy atom. The van der Waals surface area contributed by atoms with Crippen molar-refractivity contribution in [1.82, 2.24) is 30.7 Å². The van der Waals surface area contributed by atoms with Crippen molar-refractivity contribution < 1.29 is 29.0 Å². The number of hydrogen-bond donors (Lipinski definition) is 6. The zero-order valence-electron chi connectivity index (χ0n) is 23.4. The lowest BCUT2D eigenvalue weighted by Gasteiger charge is -2.22. The van der Waals surface area contributed by atoms with E-state index >= 15 is 0 Å². The van der Waals surface area contributed by atoms with E-state index in [-0.39, 0.29) is 42.0 Å². The number of aromatic amines is 2. The van der Waals surface area contributed by atoms with E-state index < -0.39 is 36.5 Å². The van der Waals surface area contributed by atoms with Crippen LogP contribution in [0.2, 0.25) is 10.0 Å². The lowest BCUT2D eigenvalue weighted by Crippen LogP contribution is -2.44. The van der Waals surface area contributed by atoms with E-state index in [0.717, 1.165) is 5.56 Å². The molecule has 1 aliphatic heterocycles. The highest BCUT2D eigenvalue weighted by molar-refractivity contribution is 6.31. The van der Waals surface area contributed by atoms with Crippen molar-refractivity contribution in [1.29, 1.82) is 0 Å². The number of aliphatic hydroxyl groups excluding tert-OH is 2. The van der Waals surface area contributed by atoms with Crippen molar-refractivity contribution in [2.24, 2.45) is 0 Å². The number of halogens is 3. The van der Waals surface area contributed by atoms with Gasteiger partial charge in [-0.25, -0.2) is 4.39 Å². The summed E-state index contributed by atoms with van der Waals surface area (Å²) in [6.07, 6.45) is 2.68. The molecule has 44 heavy (non-hydrogen) atoms. The minimum atomic E-state index is -0.807. The maximum Gasteiger partial charge on any atom is 0.268 e. The number of likely N-dealkylation sites (tertiary alicyclic amines) is 1. The van der Waals surface area contributed by atoms with Crippen LogP contribution in [-0.4, -0.2) is 73.3 Å². The summed E-state index contributed by atoms with van der Waals surface area (Å²) in [5, 5.41) is 32.6. The van der Waals surface area contributed by atoms with E-state index in [4.69, 9.17) is 23.2 Å². The predicted molar refractivity (Wildman–Crippen MR) is 161 cm³/mol. The van der Waals surface area contributed by atoms with Gasteiger partial charge in [0, 0.05) is 48.8 Å². The third kappa shape index (κ3) is 6.63. The molecule has 0 aliphatic carbocycles. The zero-order valence-corrected chi connectivity index (χ0v) is 24.9. The van der Waals surface area contributed by atoms with E-state index in [0.29, 0.717) is 33.0 Å². The molecule has 4 aromatic rings. The second-order valence-electron chi connectivity index (χ2n) is 10.4. The van der Waals surface area contributed by atoms with E-state index in [1.165, 1.54) is 30.0 Å². The first-order valence-electron chi connectivity index (χ1n) is 13.7. The summed E-state index contributed by atoms with van der Waals surface area (Å²) in [7, 11) is 0. The molecule has 6 N–H and O–H groups in total. The summed E-state index contributed by atoms with van der Waals surface area (Å²) in [6.45, 7) is 1.19. The number of rotatable bonds is 9. The molecule has 11 nitrogen and oxygen atoms in total. The molecule has 3 amide bonds. The number of H-pyrrole nitrogens is 2. The molecule has 0 spiro atoms. The monoisotopic (exact) mass is 642 g/mol. The van der Waals surface area contributed by atoms with Gasteiger partial charge in [-0.3, -0.25) is 19.5 Å². The fourth-order valence-electron chi connectivity index (χ4n) is 5.16. The Morgan fingerprint density at radius 3 is 2.64 bits per heavy atom. The molecule has 1 aliphatic rings. The van der Waals surface area contributed by atoms with E-state index in [1.807, 2.05) is 6.07 Å². The SMILES string of the molecule is CC(=O)N1CC(O)CC1C(=O)NCc1ccc(-c2cn[nH]c2-c2c[nH]c(C(=O)NC(CO)c3ccc(F)c(Cl)c3)c2)cc1Cl.